The van der Waals surface area contributed by atoms with E-state index in [1.54, 1.807) is 0 Å². The van der Waals surface area contributed by atoms with Crippen LogP contribution < -0.4 is 10.6 Å². The van der Waals surface area contributed by atoms with Crippen molar-refractivity contribution in [1.82, 2.24) is 20.5 Å². The smallest absolute Gasteiger partial charge is 0.191 e. The Hall–Kier alpha value is -1.62. The van der Waals surface area contributed by atoms with Crippen molar-refractivity contribution in [2.75, 3.05) is 32.7 Å². The third-order valence-corrected chi connectivity index (χ3v) is 5.04. The monoisotopic (exact) mass is 345 g/mol. The van der Waals surface area contributed by atoms with Gasteiger partial charge in [-0.1, -0.05) is 13.3 Å². The van der Waals surface area contributed by atoms with Gasteiger partial charge in [0.15, 0.2) is 5.96 Å². The van der Waals surface area contributed by atoms with E-state index in [0.717, 1.165) is 44.6 Å². The highest BCUT2D eigenvalue weighted by molar-refractivity contribution is 5.79. The van der Waals surface area contributed by atoms with Crippen molar-refractivity contribution in [1.29, 1.82) is 0 Å². The molecule has 0 amide bonds. The normalized spacial score (nSPS) is 19.0. The lowest BCUT2D eigenvalue weighted by Gasteiger charge is -2.34. The molecule has 2 N–H and O–H groups in total. The van der Waals surface area contributed by atoms with Crippen LogP contribution >= 0.6 is 0 Å². The minimum atomic E-state index is 0.758. The zero-order chi connectivity index (χ0) is 17.9. The summed E-state index contributed by atoms with van der Waals surface area (Å²) in [6.07, 6.45) is 10.1. The zero-order valence-electron chi connectivity index (χ0n) is 16.2. The lowest BCUT2D eigenvalue weighted by molar-refractivity contribution is 0.148. The maximum atomic E-state index is 4.77. The molecular formula is C20H35N5. The first-order valence-electron chi connectivity index (χ1n) is 9.90. The molecule has 1 aromatic rings. The van der Waals surface area contributed by atoms with Crippen molar-refractivity contribution >= 4 is 5.96 Å². The molecule has 0 aliphatic carbocycles. The molecule has 0 aromatic carbocycles. The third-order valence-electron chi connectivity index (χ3n) is 5.04. The van der Waals surface area contributed by atoms with Gasteiger partial charge < -0.3 is 10.6 Å². The molecule has 5 heteroatoms. The molecule has 140 valence electrons. The van der Waals surface area contributed by atoms with Crippen molar-refractivity contribution in [2.45, 2.75) is 58.9 Å². The van der Waals surface area contributed by atoms with E-state index in [9.17, 15) is 0 Å². The van der Waals surface area contributed by atoms with Crippen LogP contribution in [0, 0.1) is 6.92 Å². The number of likely N-dealkylation sites (tertiary alicyclic amines) is 1. The number of guanidine groups is 1. The summed E-state index contributed by atoms with van der Waals surface area (Å²) in [5.41, 5.74) is 2.60. The van der Waals surface area contributed by atoms with Gasteiger partial charge in [0.2, 0.25) is 0 Å². The van der Waals surface area contributed by atoms with Gasteiger partial charge in [-0.2, -0.15) is 0 Å². The molecule has 2 rings (SSSR count). The SMILES string of the molecule is CCNC(=NCCN1CCCCC1CC)NCCc1ccncc1C. The van der Waals surface area contributed by atoms with E-state index in [-0.39, 0.29) is 0 Å². The van der Waals surface area contributed by atoms with Crippen molar-refractivity contribution < 1.29 is 0 Å². The summed E-state index contributed by atoms with van der Waals surface area (Å²) < 4.78 is 0. The van der Waals surface area contributed by atoms with Crippen molar-refractivity contribution in [3.8, 4) is 0 Å². The predicted octanol–water partition coefficient (Wildman–Crippen LogP) is 2.75. The van der Waals surface area contributed by atoms with E-state index >= 15 is 0 Å². The second kappa shape index (κ2) is 11.1. The van der Waals surface area contributed by atoms with Gasteiger partial charge in [-0.05, 0) is 63.3 Å². The lowest BCUT2D eigenvalue weighted by Crippen LogP contribution is -2.42. The molecule has 1 unspecified atom stereocenters. The number of hydrogen-bond donors (Lipinski definition) is 2. The summed E-state index contributed by atoms with van der Waals surface area (Å²) in [6, 6.07) is 2.86. The Morgan fingerprint density at radius 3 is 2.96 bits per heavy atom. The molecule has 2 heterocycles. The first-order chi connectivity index (χ1) is 12.2. The lowest BCUT2D eigenvalue weighted by atomic mass is 10.0. The highest BCUT2D eigenvalue weighted by Gasteiger charge is 2.19. The number of pyridine rings is 1. The van der Waals surface area contributed by atoms with Crippen LogP contribution in [0.4, 0.5) is 0 Å². The van der Waals surface area contributed by atoms with Crippen molar-refractivity contribution in [3.05, 3.63) is 29.6 Å². The summed E-state index contributed by atoms with van der Waals surface area (Å²) in [6.45, 7) is 11.5. The fraction of sp³-hybridized carbons (Fsp3) is 0.700. The van der Waals surface area contributed by atoms with Gasteiger partial charge in [0.25, 0.3) is 0 Å². The van der Waals surface area contributed by atoms with Crippen molar-refractivity contribution in [2.24, 2.45) is 4.99 Å². The van der Waals surface area contributed by atoms with Crippen LogP contribution in [0.15, 0.2) is 23.5 Å². The van der Waals surface area contributed by atoms with Gasteiger partial charge in [0.1, 0.15) is 0 Å². The predicted molar refractivity (Wildman–Crippen MR) is 106 cm³/mol. The Morgan fingerprint density at radius 1 is 1.32 bits per heavy atom. The minimum absolute atomic E-state index is 0.758. The Kier molecular flexibility index (Phi) is 8.73. The second-order valence-corrected chi connectivity index (χ2v) is 6.83. The van der Waals surface area contributed by atoms with Gasteiger partial charge in [-0.15, -0.1) is 0 Å². The Labute approximate surface area is 153 Å². The molecule has 1 saturated heterocycles. The minimum Gasteiger partial charge on any atom is -0.357 e. The average Bonchev–Trinajstić information content (AvgIpc) is 2.63. The Balaban J connectivity index is 1.78. The molecular weight excluding hydrogens is 310 g/mol. The maximum Gasteiger partial charge on any atom is 0.191 e. The summed E-state index contributed by atoms with van der Waals surface area (Å²) in [5, 5.41) is 6.81. The van der Waals surface area contributed by atoms with Crippen LogP contribution in [0.5, 0.6) is 0 Å². The molecule has 0 radical (unpaired) electrons. The van der Waals surface area contributed by atoms with E-state index in [0.29, 0.717) is 0 Å². The number of nitrogens with zero attached hydrogens (tertiary/aromatic N) is 3. The first-order valence-corrected chi connectivity index (χ1v) is 9.90. The van der Waals surface area contributed by atoms with Gasteiger partial charge in [0, 0.05) is 38.1 Å². The standard InChI is InChI=1S/C20H35N5/c1-4-19-8-6-7-14-25(19)15-13-24-20(22-5-2)23-12-10-18-9-11-21-16-17(18)3/h9,11,16,19H,4-8,10,12-15H2,1-3H3,(H2,22,23,24). The van der Waals surface area contributed by atoms with Crippen LogP contribution in [0.2, 0.25) is 0 Å². The number of nitrogens with one attached hydrogen (secondary N) is 2. The molecule has 1 aliphatic rings. The average molecular weight is 346 g/mol. The van der Waals surface area contributed by atoms with E-state index in [2.05, 4.69) is 47.4 Å². The Bertz CT molecular complexity index is 529. The summed E-state index contributed by atoms with van der Waals surface area (Å²) in [4.78, 5) is 11.5. The van der Waals surface area contributed by atoms with Gasteiger partial charge in [-0.25, -0.2) is 0 Å². The second-order valence-electron chi connectivity index (χ2n) is 6.83. The number of hydrogen-bond acceptors (Lipinski definition) is 3. The van der Waals surface area contributed by atoms with E-state index in [1.807, 2.05) is 12.4 Å². The molecule has 0 spiro atoms. The van der Waals surface area contributed by atoms with E-state index in [1.165, 1.54) is 43.4 Å². The van der Waals surface area contributed by atoms with Gasteiger partial charge in [-0.3, -0.25) is 14.9 Å². The maximum absolute atomic E-state index is 4.77. The van der Waals surface area contributed by atoms with Gasteiger partial charge >= 0.3 is 0 Å². The quantitative estimate of drug-likeness (QED) is 0.562. The Morgan fingerprint density at radius 2 is 2.20 bits per heavy atom. The third kappa shape index (κ3) is 6.65. The van der Waals surface area contributed by atoms with E-state index < -0.39 is 0 Å². The highest BCUT2D eigenvalue weighted by Crippen LogP contribution is 2.18. The van der Waals surface area contributed by atoms with Crippen LogP contribution in [0.25, 0.3) is 0 Å². The fourth-order valence-corrected chi connectivity index (χ4v) is 3.55. The van der Waals surface area contributed by atoms with Crippen LogP contribution in [-0.2, 0) is 6.42 Å². The summed E-state index contributed by atoms with van der Waals surface area (Å²) >= 11 is 0. The number of aliphatic imine (C=N–C) groups is 1. The van der Waals surface area contributed by atoms with Crippen molar-refractivity contribution in [3.63, 3.8) is 0 Å². The molecule has 1 aliphatic heterocycles. The van der Waals surface area contributed by atoms with Gasteiger partial charge in [0.05, 0.1) is 6.54 Å². The van der Waals surface area contributed by atoms with Crippen LogP contribution in [-0.4, -0.2) is 54.6 Å². The number of piperidine rings is 1. The molecule has 1 fully saturated rings. The van der Waals surface area contributed by atoms with Crippen LogP contribution in [0.3, 0.4) is 0 Å². The summed E-state index contributed by atoms with van der Waals surface area (Å²) in [5.74, 6) is 0.930. The number of rotatable bonds is 8. The number of aryl methyl sites for hydroxylation is 1. The zero-order valence-corrected chi connectivity index (χ0v) is 16.2. The largest absolute Gasteiger partial charge is 0.357 e. The molecule has 25 heavy (non-hydrogen) atoms. The molecule has 0 saturated carbocycles. The molecule has 1 aromatic heterocycles. The molecule has 1 atom stereocenters. The summed E-state index contributed by atoms with van der Waals surface area (Å²) in [7, 11) is 0. The topological polar surface area (TPSA) is 52.6 Å². The molecule has 5 nitrogen and oxygen atoms in total. The van der Waals surface area contributed by atoms with Crippen LogP contribution in [0.1, 0.15) is 50.7 Å². The first kappa shape index (κ1) is 19.7. The van der Waals surface area contributed by atoms with E-state index in [4.69, 9.17) is 4.99 Å². The fourth-order valence-electron chi connectivity index (χ4n) is 3.55. The molecule has 0 bridgehead atoms. The highest BCUT2D eigenvalue weighted by atomic mass is 15.2. The number of aromatic nitrogens is 1.